The van der Waals surface area contributed by atoms with Crippen molar-refractivity contribution in [1.29, 1.82) is 0 Å². The number of halogens is 2. The Morgan fingerprint density at radius 2 is 2.09 bits per heavy atom. The molecule has 3 rings (SSSR count). The van der Waals surface area contributed by atoms with Gasteiger partial charge in [-0.2, -0.15) is 0 Å². The van der Waals surface area contributed by atoms with Crippen LogP contribution in [0.4, 0.5) is 0 Å². The molecular weight excluding hydrogens is 337 g/mol. The Bertz CT molecular complexity index is 516. The van der Waals surface area contributed by atoms with Gasteiger partial charge >= 0.3 is 0 Å². The van der Waals surface area contributed by atoms with E-state index in [2.05, 4.69) is 10.2 Å². The number of rotatable bonds is 4. The largest absolute Gasteiger partial charge is 0.484 e. The van der Waals surface area contributed by atoms with Crippen LogP contribution < -0.4 is 10.1 Å². The molecule has 5 nitrogen and oxygen atoms in total. The molecule has 0 radical (unpaired) electrons. The number of hydrogen-bond donors (Lipinski definition) is 1. The lowest BCUT2D eigenvalue weighted by Crippen LogP contribution is -2.53. The summed E-state index contributed by atoms with van der Waals surface area (Å²) < 4.78 is 5.53. The van der Waals surface area contributed by atoms with Crippen LogP contribution in [0, 0.1) is 0 Å². The quantitative estimate of drug-likeness (QED) is 0.887. The van der Waals surface area contributed by atoms with E-state index in [9.17, 15) is 4.79 Å². The van der Waals surface area contributed by atoms with Crippen LogP contribution in [0.2, 0.25) is 5.02 Å². The van der Waals surface area contributed by atoms with E-state index in [1.165, 1.54) is 6.42 Å². The van der Waals surface area contributed by atoms with Gasteiger partial charge in [-0.05, 0) is 31.2 Å². The predicted octanol–water partition coefficient (Wildman–Crippen LogP) is 1.65. The summed E-state index contributed by atoms with van der Waals surface area (Å²) in [6, 6.07) is 7.77. The molecule has 1 unspecified atom stereocenters. The van der Waals surface area contributed by atoms with Crippen LogP contribution in [0.1, 0.15) is 6.42 Å². The second kappa shape index (κ2) is 8.73. The van der Waals surface area contributed by atoms with E-state index in [4.69, 9.17) is 16.3 Å². The molecule has 1 N–H and O–H groups in total. The number of hydrogen-bond acceptors (Lipinski definition) is 4. The third-order valence-electron chi connectivity index (χ3n) is 4.38. The Balaban J connectivity index is 0.00000192. The second-order valence-corrected chi connectivity index (χ2v) is 6.25. The Morgan fingerprint density at radius 1 is 1.30 bits per heavy atom. The Labute approximate surface area is 148 Å². The van der Waals surface area contributed by atoms with Crippen molar-refractivity contribution in [1.82, 2.24) is 15.1 Å². The Kier molecular flexibility index (Phi) is 6.96. The number of amides is 1. The fourth-order valence-corrected chi connectivity index (χ4v) is 3.26. The highest BCUT2D eigenvalue weighted by molar-refractivity contribution is 6.30. The lowest BCUT2D eigenvalue weighted by molar-refractivity contribution is -0.135. The zero-order chi connectivity index (χ0) is 15.4. The minimum atomic E-state index is 0. The standard InChI is InChI=1S/C16H22ClN3O2.ClH/c17-13-2-1-3-15(10-13)22-12-16(21)20-8-6-19(7-9-20)14-4-5-18-11-14;/h1-3,10,14,18H,4-9,11-12H2;1H. The van der Waals surface area contributed by atoms with Gasteiger partial charge in [0.25, 0.3) is 5.91 Å². The van der Waals surface area contributed by atoms with Gasteiger partial charge in [0.05, 0.1) is 0 Å². The molecule has 1 amide bonds. The van der Waals surface area contributed by atoms with Crippen molar-refractivity contribution in [2.45, 2.75) is 12.5 Å². The fourth-order valence-electron chi connectivity index (χ4n) is 3.08. The Morgan fingerprint density at radius 3 is 2.74 bits per heavy atom. The monoisotopic (exact) mass is 359 g/mol. The average Bonchev–Trinajstić information content (AvgIpc) is 3.07. The summed E-state index contributed by atoms with van der Waals surface area (Å²) in [5.41, 5.74) is 0. The maximum absolute atomic E-state index is 12.2. The average molecular weight is 360 g/mol. The van der Waals surface area contributed by atoms with Gasteiger partial charge in [-0.3, -0.25) is 9.69 Å². The predicted molar refractivity (Wildman–Crippen MR) is 93.6 cm³/mol. The molecule has 0 bridgehead atoms. The van der Waals surface area contributed by atoms with E-state index in [-0.39, 0.29) is 24.9 Å². The van der Waals surface area contributed by atoms with Gasteiger partial charge in [0, 0.05) is 43.8 Å². The highest BCUT2D eigenvalue weighted by Crippen LogP contribution is 2.17. The van der Waals surface area contributed by atoms with Gasteiger partial charge in [0.2, 0.25) is 0 Å². The number of benzene rings is 1. The third-order valence-corrected chi connectivity index (χ3v) is 4.61. The van der Waals surface area contributed by atoms with Crippen LogP contribution in [-0.2, 0) is 4.79 Å². The first-order chi connectivity index (χ1) is 10.7. The van der Waals surface area contributed by atoms with E-state index in [0.717, 1.165) is 39.3 Å². The third kappa shape index (κ3) is 4.98. The number of carbonyl (C=O) groups excluding carboxylic acids is 1. The van der Waals surface area contributed by atoms with Gasteiger partial charge < -0.3 is 15.0 Å². The summed E-state index contributed by atoms with van der Waals surface area (Å²) >= 11 is 5.90. The van der Waals surface area contributed by atoms with E-state index < -0.39 is 0 Å². The number of nitrogens with zero attached hydrogens (tertiary/aromatic N) is 2. The first kappa shape index (κ1) is 18.3. The number of ether oxygens (including phenoxy) is 1. The lowest BCUT2D eigenvalue weighted by Gasteiger charge is -2.37. The smallest absolute Gasteiger partial charge is 0.260 e. The minimum absolute atomic E-state index is 0. The Hall–Kier alpha value is -1.01. The molecular formula is C16H23Cl2N3O2. The van der Waals surface area contributed by atoms with Gasteiger partial charge in [-0.25, -0.2) is 0 Å². The van der Waals surface area contributed by atoms with E-state index in [1.54, 1.807) is 12.1 Å². The molecule has 2 saturated heterocycles. The van der Waals surface area contributed by atoms with E-state index in [1.807, 2.05) is 17.0 Å². The zero-order valence-electron chi connectivity index (χ0n) is 13.0. The van der Waals surface area contributed by atoms with E-state index >= 15 is 0 Å². The molecule has 1 aromatic rings. The summed E-state index contributed by atoms with van der Waals surface area (Å²) in [6.45, 7) is 5.74. The summed E-state index contributed by atoms with van der Waals surface area (Å²) in [5, 5.41) is 4.01. The topological polar surface area (TPSA) is 44.8 Å². The number of nitrogens with one attached hydrogen (secondary N) is 1. The lowest BCUT2D eigenvalue weighted by atomic mass is 10.2. The van der Waals surface area contributed by atoms with Crippen molar-refractivity contribution in [3.05, 3.63) is 29.3 Å². The van der Waals surface area contributed by atoms with Crippen LogP contribution >= 0.6 is 24.0 Å². The van der Waals surface area contributed by atoms with Crippen LogP contribution in [0.3, 0.4) is 0 Å². The van der Waals surface area contributed by atoms with Gasteiger partial charge in [0.15, 0.2) is 6.61 Å². The van der Waals surface area contributed by atoms with Gasteiger partial charge in [0.1, 0.15) is 5.75 Å². The SMILES string of the molecule is Cl.O=C(COc1cccc(Cl)c1)N1CCN(C2CCNC2)CC1. The van der Waals surface area contributed by atoms with Crippen molar-refractivity contribution in [2.24, 2.45) is 0 Å². The molecule has 2 fully saturated rings. The molecule has 1 atom stereocenters. The van der Waals surface area contributed by atoms with Crippen molar-refractivity contribution in [3.63, 3.8) is 0 Å². The number of piperazine rings is 1. The maximum Gasteiger partial charge on any atom is 0.260 e. The maximum atomic E-state index is 12.2. The molecule has 2 aliphatic rings. The van der Waals surface area contributed by atoms with Crippen molar-refractivity contribution < 1.29 is 9.53 Å². The van der Waals surface area contributed by atoms with Crippen LogP contribution in [0.25, 0.3) is 0 Å². The van der Waals surface area contributed by atoms with Crippen LogP contribution in [0.15, 0.2) is 24.3 Å². The first-order valence-electron chi connectivity index (χ1n) is 7.83. The van der Waals surface area contributed by atoms with Gasteiger partial charge in [-0.1, -0.05) is 17.7 Å². The molecule has 0 spiro atoms. The molecule has 2 heterocycles. The molecule has 1 aromatic carbocycles. The molecule has 128 valence electrons. The van der Waals surface area contributed by atoms with Gasteiger partial charge in [-0.15, -0.1) is 12.4 Å². The fraction of sp³-hybridized carbons (Fsp3) is 0.562. The molecule has 23 heavy (non-hydrogen) atoms. The summed E-state index contributed by atoms with van der Waals surface area (Å²) in [5.74, 6) is 0.681. The molecule has 7 heteroatoms. The van der Waals surface area contributed by atoms with Crippen molar-refractivity contribution in [3.8, 4) is 5.75 Å². The zero-order valence-corrected chi connectivity index (χ0v) is 14.6. The number of carbonyl (C=O) groups is 1. The van der Waals surface area contributed by atoms with Crippen LogP contribution in [-0.4, -0.2) is 67.6 Å². The van der Waals surface area contributed by atoms with Crippen molar-refractivity contribution >= 4 is 29.9 Å². The van der Waals surface area contributed by atoms with Crippen LogP contribution in [0.5, 0.6) is 5.75 Å². The summed E-state index contributed by atoms with van der Waals surface area (Å²) in [4.78, 5) is 16.6. The molecule has 0 aliphatic carbocycles. The second-order valence-electron chi connectivity index (χ2n) is 5.81. The van der Waals surface area contributed by atoms with Crippen molar-refractivity contribution in [2.75, 3.05) is 45.9 Å². The van der Waals surface area contributed by atoms with E-state index in [0.29, 0.717) is 16.8 Å². The molecule has 0 aromatic heterocycles. The highest BCUT2D eigenvalue weighted by atomic mass is 35.5. The molecule has 2 aliphatic heterocycles. The minimum Gasteiger partial charge on any atom is -0.484 e. The summed E-state index contributed by atoms with van der Waals surface area (Å²) in [7, 11) is 0. The first-order valence-corrected chi connectivity index (χ1v) is 8.21. The summed E-state index contributed by atoms with van der Waals surface area (Å²) in [6.07, 6.45) is 1.21. The molecule has 0 saturated carbocycles. The highest BCUT2D eigenvalue weighted by Gasteiger charge is 2.27. The normalized spacial score (nSPS) is 21.8.